The van der Waals surface area contributed by atoms with E-state index in [0.29, 0.717) is 17.5 Å². The lowest BCUT2D eigenvalue weighted by atomic mass is 10.1. The minimum absolute atomic E-state index is 0.102. The molecule has 94 valence electrons. The van der Waals surface area contributed by atoms with Gasteiger partial charge in [0.05, 0.1) is 0 Å². The van der Waals surface area contributed by atoms with Crippen molar-refractivity contribution in [2.45, 2.75) is 26.4 Å². The molecule has 0 aliphatic heterocycles. The van der Waals surface area contributed by atoms with Crippen LogP contribution in [-0.4, -0.2) is 23.6 Å². The van der Waals surface area contributed by atoms with E-state index in [-0.39, 0.29) is 11.7 Å². The van der Waals surface area contributed by atoms with E-state index in [1.807, 2.05) is 0 Å². The van der Waals surface area contributed by atoms with E-state index in [1.54, 1.807) is 13.8 Å². The predicted octanol–water partition coefficient (Wildman–Crippen LogP) is 2.92. The third-order valence-electron chi connectivity index (χ3n) is 2.05. The second kappa shape index (κ2) is 5.16. The highest BCUT2D eigenvalue weighted by Gasteiger charge is 2.29. The molecule has 3 nitrogen and oxygen atoms in total. The maximum absolute atomic E-state index is 11.9. The van der Waals surface area contributed by atoms with Crippen molar-refractivity contribution in [3.05, 3.63) is 23.4 Å². The van der Waals surface area contributed by atoms with Crippen LogP contribution in [0.1, 0.15) is 29.3 Å². The van der Waals surface area contributed by atoms with Gasteiger partial charge in [-0.3, -0.25) is 4.79 Å². The lowest BCUT2D eigenvalue weighted by molar-refractivity contribution is -0.154. The summed E-state index contributed by atoms with van der Waals surface area (Å²) in [6.07, 6.45) is -2.85. The van der Waals surface area contributed by atoms with E-state index in [1.165, 1.54) is 12.3 Å². The molecule has 1 heterocycles. The number of nitrogens with zero attached hydrogens (tertiary/aromatic N) is 1. The SMILES string of the molecule is CCC(=O)c1cnc(OCC(F)(F)F)c(C)c1. The number of carbonyl (C=O) groups excluding carboxylic acids is 1. The lowest BCUT2D eigenvalue weighted by Gasteiger charge is -2.10. The zero-order valence-electron chi connectivity index (χ0n) is 9.47. The van der Waals surface area contributed by atoms with Crippen molar-refractivity contribution in [2.24, 2.45) is 0 Å². The number of Topliss-reactive ketones (excluding diaryl/α,β-unsaturated/α-hetero) is 1. The van der Waals surface area contributed by atoms with Gasteiger partial charge in [0, 0.05) is 23.7 Å². The Kier molecular flexibility index (Phi) is 4.09. The molecule has 0 bridgehead atoms. The van der Waals surface area contributed by atoms with Crippen LogP contribution >= 0.6 is 0 Å². The van der Waals surface area contributed by atoms with Crippen molar-refractivity contribution in [3.63, 3.8) is 0 Å². The van der Waals surface area contributed by atoms with Crippen LogP contribution in [0.3, 0.4) is 0 Å². The van der Waals surface area contributed by atoms with Crippen LogP contribution in [0.2, 0.25) is 0 Å². The topological polar surface area (TPSA) is 39.2 Å². The molecule has 0 saturated heterocycles. The molecule has 0 saturated carbocycles. The zero-order valence-corrected chi connectivity index (χ0v) is 9.47. The van der Waals surface area contributed by atoms with Gasteiger partial charge in [-0.2, -0.15) is 13.2 Å². The Bertz CT molecular complexity index is 416. The summed E-state index contributed by atoms with van der Waals surface area (Å²) in [7, 11) is 0. The summed E-state index contributed by atoms with van der Waals surface area (Å²) >= 11 is 0. The van der Waals surface area contributed by atoms with Gasteiger partial charge in [-0.1, -0.05) is 6.92 Å². The van der Waals surface area contributed by atoms with Crippen molar-refractivity contribution in [1.82, 2.24) is 4.98 Å². The number of aryl methyl sites for hydroxylation is 1. The number of halogens is 3. The van der Waals surface area contributed by atoms with Crippen LogP contribution in [0.15, 0.2) is 12.3 Å². The molecule has 6 heteroatoms. The quantitative estimate of drug-likeness (QED) is 0.768. The molecule has 1 aromatic heterocycles. The Morgan fingerprint density at radius 2 is 2.12 bits per heavy atom. The van der Waals surface area contributed by atoms with Crippen LogP contribution in [0.4, 0.5) is 13.2 Å². The number of ketones is 1. The number of hydrogen-bond acceptors (Lipinski definition) is 3. The van der Waals surface area contributed by atoms with Crippen LogP contribution in [-0.2, 0) is 0 Å². The fourth-order valence-electron chi connectivity index (χ4n) is 1.22. The van der Waals surface area contributed by atoms with Gasteiger partial charge in [0.2, 0.25) is 5.88 Å². The Hall–Kier alpha value is -1.59. The predicted molar refractivity (Wildman–Crippen MR) is 55.1 cm³/mol. The molecule has 0 N–H and O–H groups in total. The molecule has 0 aliphatic rings. The van der Waals surface area contributed by atoms with Crippen LogP contribution in [0, 0.1) is 6.92 Å². The Morgan fingerprint density at radius 1 is 1.47 bits per heavy atom. The number of pyridine rings is 1. The Labute approximate surface area is 96.6 Å². The summed E-state index contributed by atoms with van der Waals surface area (Å²) in [5, 5.41) is 0. The maximum Gasteiger partial charge on any atom is 0.422 e. The summed E-state index contributed by atoms with van der Waals surface area (Å²) in [6, 6.07) is 1.48. The fourth-order valence-corrected chi connectivity index (χ4v) is 1.22. The molecule has 0 aliphatic carbocycles. The molecule has 0 amide bonds. The molecule has 1 rings (SSSR count). The molecule has 0 unspecified atom stereocenters. The Balaban J connectivity index is 2.80. The van der Waals surface area contributed by atoms with E-state index in [0.717, 1.165) is 0 Å². The molecule has 0 fully saturated rings. The van der Waals surface area contributed by atoms with Crippen molar-refractivity contribution in [1.29, 1.82) is 0 Å². The van der Waals surface area contributed by atoms with Gasteiger partial charge in [-0.25, -0.2) is 4.98 Å². The largest absolute Gasteiger partial charge is 0.468 e. The smallest absolute Gasteiger partial charge is 0.422 e. The van der Waals surface area contributed by atoms with E-state index in [9.17, 15) is 18.0 Å². The van der Waals surface area contributed by atoms with E-state index in [4.69, 9.17) is 0 Å². The molecule has 0 radical (unpaired) electrons. The second-order valence-electron chi connectivity index (χ2n) is 3.53. The van der Waals surface area contributed by atoms with E-state index in [2.05, 4.69) is 9.72 Å². The number of carbonyl (C=O) groups is 1. The minimum atomic E-state index is -4.40. The first-order valence-corrected chi connectivity index (χ1v) is 5.03. The standard InChI is InChI=1S/C11H12F3NO2/c1-3-9(16)8-4-7(2)10(15-5-8)17-6-11(12,13)14/h4-5H,3,6H2,1-2H3. The number of aromatic nitrogens is 1. The third kappa shape index (κ3) is 4.05. The maximum atomic E-state index is 11.9. The normalized spacial score (nSPS) is 11.4. The molecule has 1 aromatic rings. The minimum Gasteiger partial charge on any atom is -0.468 e. The summed E-state index contributed by atoms with van der Waals surface area (Å²) in [5.41, 5.74) is 0.790. The fraction of sp³-hybridized carbons (Fsp3) is 0.455. The average Bonchev–Trinajstić information content (AvgIpc) is 2.25. The van der Waals surface area contributed by atoms with Gasteiger partial charge in [-0.15, -0.1) is 0 Å². The van der Waals surface area contributed by atoms with Crippen molar-refractivity contribution >= 4 is 5.78 Å². The summed E-state index contributed by atoms with van der Waals surface area (Å²) < 4.78 is 40.3. The van der Waals surface area contributed by atoms with E-state index < -0.39 is 12.8 Å². The molecular weight excluding hydrogens is 235 g/mol. The first kappa shape index (κ1) is 13.5. The highest BCUT2D eigenvalue weighted by Crippen LogP contribution is 2.20. The molecule has 17 heavy (non-hydrogen) atoms. The monoisotopic (exact) mass is 247 g/mol. The molecule has 0 spiro atoms. The van der Waals surface area contributed by atoms with Gasteiger partial charge in [0.1, 0.15) is 0 Å². The summed E-state index contributed by atoms with van der Waals surface area (Å²) in [4.78, 5) is 15.0. The Morgan fingerprint density at radius 3 is 2.59 bits per heavy atom. The van der Waals surface area contributed by atoms with Crippen LogP contribution in [0.5, 0.6) is 5.88 Å². The van der Waals surface area contributed by atoms with Gasteiger partial charge in [0.15, 0.2) is 12.4 Å². The van der Waals surface area contributed by atoms with Gasteiger partial charge in [-0.05, 0) is 13.0 Å². The molecule has 0 aromatic carbocycles. The number of ether oxygens (including phenoxy) is 1. The van der Waals surface area contributed by atoms with Gasteiger partial charge in [0.25, 0.3) is 0 Å². The van der Waals surface area contributed by atoms with Crippen LogP contribution in [0.25, 0.3) is 0 Å². The number of alkyl halides is 3. The van der Waals surface area contributed by atoms with Gasteiger partial charge >= 0.3 is 6.18 Å². The molecular formula is C11H12F3NO2. The average molecular weight is 247 g/mol. The highest BCUT2D eigenvalue weighted by molar-refractivity contribution is 5.95. The van der Waals surface area contributed by atoms with E-state index >= 15 is 0 Å². The first-order chi connectivity index (χ1) is 7.83. The molecule has 0 atom stereocenters. The van der Waals surface area contributed by atoms with Crippen molar-refractivity contribution < 1.29 is 22.7 Å². The highest BCUT2D eigenvalue weighted by atomic mass is 19.4. The summed E-state index contributed by atoms with van der Waals surface area (Å²) in [6.45, 7) is 1.86. The summed E-state index contributed by atoms with van der Waals surface area (Å²) in [5.74, 6) is -0.210. The first-order valence-electron chi connectivity index (χ1n) is 5.03. The third-order valence-corrected chi connectivity index (χ3v) is 2.05. The van der Waals surface area contributed by atoms with Crippen LogP contribution < -0.4 is 4.74 Å². The lowest BCUT2D eigenvalue weighted by Crippen LogP contribution is -2.20. The second-order valence-corrected chi connectivity index (χ2v) is 3.53. The van der Waals surface area contributed by atoms with Gasteiger partial charge < -0.3 is 4.74 Å². The number of rotatable bonds is 4. The van der Waals surface area contributed by atoms with Crippen molar-refractivity contribution in [2.75, 3.05) is 6.61 Å². The van der Waals surface area contributed by atoms with Crippen molar-refractivity contribution in [3.8, 4) is 5.88 Å². The number of hydrogen-bond donors (Lipinski definition) is 0. The zero-order chi connectivity index (χ0) is 13.1.